The van der Waals surface area contributed by atoms with Crippen LogP contribution in [0.15, 0.2) is 45.8 Å². The number of nitrogens with one attached hydrogen (secondary N) is 1. The molecule has 9 nitrogen and oxygen atoms in total. The molecule has 1 N–H and O–H groups in total. The highest BCUT2D eigenvalue weighted by atomic mass is 32.2. The van der Waals surface area contributed by atoms with E-state index in [-0.39, 0.29) is 34.2 Å². The standard InChI is InChI=1S/C17H19N5O4S/c1-4-27(24,25)13-7-5-12(6-8-13)15(23)19-17-21-20-16(26-17)14-9-10-18-22(14)11(2)3/h5-11H,4H2,1-3H3,(H,19,21,23). The van der Waals surface area contributed by atoms with Crippen LogP contribution in [0.4, 0.5) is 6.01 Å². The van der Waals surface area contributed by atoms with E-state index in [9.17, 15) is 13.2 Å². The van der Waals surface area contributed by atoms with Gasteiger partial charge in [0.2, 0.25) is 0 Å². The van der Waals surface area contributed by atoms with Crippen LogP contribution in [-0.2, 0) is 9.84 Å². The molecule has 0 spiro atoms. The van der Waals surface area contributed by atoms with Crippen LogP contribution in [0.3, 0.4) is 0 Å². The third-order valence-electron chi connectivity index (χ3n) is 3.88. The summed E-state index contributed by atoms with van der Waals surface area (Å²) in [5.41, 5.74) is 0.921. The van der Waals surface area contributed by atoms with Crippen LogP contribution < -0.4 is 5.32 Å². The van der Waals surface area contributed by atoms with Crippen LogP contribution in [0.2, 0.25) is 0 Å². The lowest BCUT2D eigenvalue weighted by atomic mass is 10.2. The summed E-state index contributed by atoms with van der Waals surface area (Å²) in [5, 5.41) is 14.5. The summed E-state index contributed by atoms with van der Waals surface area (Å²) < 4.78 is 30.9. The summed E-state index contributed by atoms with van der Waals surface area (Å²) in [6.07, 6.45) is 1.63. The molecule has 1 aromatic carbocycles. The summed E-state index contributed by atoms with van der Waals surface area (Å²) in [6.45, 7) is 5.50. The van der Waals surface area contributed by atoms with Gasteiger partial charge in [-0.3, -0.25) is 14.8 Å². The molecule has 27 heavy (non-hydrogen) atoms. The van der Waals surface area contributed by atoms with Crippen LogP contribution >= 0.6 is 0 Å². The molecule has 0 unspecified atom stereocenters. The Hall–Kier alpha value is -3.01. The van der Waals surface area contributed by atoms with Gasteiger partial charge in [0.25, 0.3) is 11.8 Å². The number of carbonyl (C=O) groups excluding carboxylic acids is 1. The van der Waals surface area contributed by atoms with Crippen molar-refractivity contribution in [3.8, 4) is 11.6 Å². The molecule has 0 fully saturated rings. The van der Waals surface area contributed by atoms with E-state index < -0.39 is 15.7 Å². The number of hydrogen-bond donors (Lipinski definition) is 1. The molecule has 1 amide bonds. The van der Waals surface area contributed by atoms with Crippen LogP contribution in [-0.4, -0.2) is 40.1 Å². The van der Waals surface area contributed by atoms with Crippen molar-refractivity contribution in [1.29, 1.82) is 0 Å². The van der Waals surface area contributed by atoms with E-state index in [1.807, 2.05) is 13.8 Å². The molecular formula is C17H19N5O4S. The molecule has 0 aliphatic rings. The Morgan fingerprint density at radius 2 is 1.89 bits per heavy atom. The van der Waals surface area contributed by atoms with E-state index in [4.69, 9.17) is 4.42 Å². The predicted molar refractivity (Wildman–Crippen MR) is 98.0 cm³/mol. The zero-order chi connectivity index (χ0) is 19.6. The number of carbonyl (C=O) groups is 1. The number of aromatic nitrogens is 4. The topological polar surface area (TPSA) is 120 Å². The predicted octanol–water partition coefficient (Wildman–Crippen LogP) is 2.56. The van der Waals surface area contributed by atoms with Crippen molar-refractivity contribution in [1.82, 2.24) is 20.0 Å². The second kappa shape index (κ2) is 7.31. The molecule has 0 radical (unpaired) electrons. The van der Waals surface area contributed by atoms with Crippen molar-refractivity contribution in [2.75, 3.05) is 11.1 Å². The highest BCUT2D eigenvalue weighted by Crippen LogP contribution is 2.22. The molecule has 0 aliphatic heterocycles. The highest BCUT2D eigenvalue weighted by Gasteiger charge is 2.17. The Bertz CT molecular complexity index is 1050. The fourth-order valence-electron chi connectivity index (χ4n) is 2.42. The quantitative estimate of drug-likeness (QED) is 0.688. The monoisotopic (exact) mass is 389 g/mol. The van der Waals surface area contributed by atoms with E-state index in [1.54, 1.807) is 23.9 Å². The van der Waals surface area contributed by atoms with Gasteiger partial charge in [-0.1, -0.05) is 12.0 Å². The summed E-state index contributed by atoms with van der Waals surface area (Å²) in [5.74, 6) is -0.250. The number of anilines is 1. The molecule has 2 aromatic heterocycles. The first-order chi connectivity index (χ1) is 12.8. The van der Waals surface area contributed by atoms with E-state index in [2.05, 4.69) is 20.6 Å². The minimum atomic E-state index is -3.31. The third-order valence-corrected chi connectivity index (χ3v) is 5.63. The number of benzene rings is 1. The molecule has 142 valence electrons. The maximum Gasteiger partial charge on any atom is 0.322 e. The van der Waals surface area contributed by atoms with Gasteiger partial charge in [-0.05, 0) is 44.2 Å². The van der Waals surface area contributed by atoms with Crippen LogP contribution in [0.1, 0.15) is 37.2 Å². The SMILES string of the molecule is CCS(=O)(=O)c1ccc(C(=O)Nc2nnc(-c3ccnn3C(C)C)o2)cc1. The summed E-state index contributed by atoms with van der Waals surface area (Å²) in [6, 6.07) is 7.45. The average Bonchev–Trinajstić information content (AvgIpc) is 3.30. The number of rotatable bonds is 6. The molecule has 3 rings (SSSR count). The Kier molecular flexibility index (Phi) is 5.08. The molecule has 0 aliphatic carbocycles. The second-order valence-corrected chi connectivity index (χ2v) is 8.33. The number of hydrogen-bond acceptors (Lipinski definition) is 7. The fourth-order valence-corrected chi connectivity index (χ4v) is 3.31. The molecule has 0 saturated carbocycles. The number of amides is 1. The Morgan fingerprint density at radius 3 is 2.52 bits per heavy atom. The van der Waals surface area contributed by atoms with Gasteiger partial charge in [0.15, 0.2) is 9.84 Å². The summed E-state index contributed by atoms with van der Waals surface area (Å²) >= 11 is 0. The second-order valence-electron chi connectivity index (χ2n) is 6.05. The molecule has 2 heterocycles. The Labute approximate surface area is 156 Å². The van der Waals surface area contributed by atoms with Crippen molar-refractivity contribution in [3.63, 3.8) is 0 Å². The van der Waals surface area contributed by atoms with Crippen LogP contribution in [0.5, 0.6) is 0 Å². The minimum absolute atomic E-state index is 0.00371. The normalized spacial score (nSPS) is 11.7. The molecule has 3 aromatic rings. The molecule has 0 bridgehead atoms. The lowest BCUT2D eigenvalue weighted by Crippen LogP contribution is -2.12. The first-order valence-corrected chi connectivity index (χ1v) is 9.98. The van der Waals surface area contributed by atoms with Crippen molar-refractivity contribution >= 4 is 21.8 Å². The largest absolute Gasteiger partial charge is 0.401 e. The maximum atomic E-state index is 12.3. The van der Waals surface area contributed by atoms with Gasteiger partial charge in [0.05, 0.1) is 10.6 Å². The third kappa shape index (κ3) is 3.90. The van der Waals surface area contributed by atoms with E-state index in [1.165, 1.54) is 24.3 Å². The lowest BCUT2D eigenvalue weighted by Gasteiger charge is -2.07. The maximum absolute atomic E-state index is 12.3. The zero-order valence-corrected chi connectivity index (χ0v) is 15.9. The molecule has 10 heteroatoms. The summed E-state index contributed by atoms with van der Waals surface area (Å²) in [4.78, 5) is 12.5. The zero-order valence-electron chi connectivity index (χ0n) is 15.1. The van der Waals surface area contributed by atoms with E-state index in [0.29, 0.717) is 5.69 Å². The fraction of sp³-hybridized carbons (Fsp3) is 0.294. The van der Waals surface area contributed by atoms with Crippen LogP contribution in [0.25, 0.3) is 11.6 Å². The van der Waals surface area contributed by atoms with E-state index >= 15 is 0 Å². The van der Waals surface area contributed by atoms with Crippen molar-refractivity contribution in [3.05, 3.63) is 42.1 Å². The number of nitrogens with zero attached hydrogens (tertiary/aromatic N) is 4. The van der Waals surface area contributed by atoms with Crippen molar-refractivity contribution < 1.29 is 17.6 Å². The first-order valence-electron chi connectivity index (χ1n) is 8.33. The van der Waals surface area contributed by atoms with Gasteiger partial charge in [0.1, 0.15) is 5.69 Å². The van der Waals surface area contributed by atoms with Gasteiger partial charge in [-0.15, -0.1) is 5.10 Å². The Balaban J connectivity index is 1.76. The van der Waals surface area contributed by atoms with E-state index in [0.717, 1.165) is 0 Å². The average molecular weight is 389 g/mol. The smallest absolute Gasteiger partial charge is 0.322 e. The lowest BCUT2D eigenvalue weighted by molar-refractivity contribution is 0.102. The van der Waals surface area contributed by atoms with Gasteiger partial charge < -0.3 is 4.42 Å². The van der Waals surface area contributed by atoms with Gasteiger partial charge in [-0.25, -0.2) is 8.42 Å². The van der Waals surface area contributed by atoms with Crippen molar-refractivity contribution in [2.45, 2.75) is 31.7 Å². The minimum Gasteiger partial charge on any atom is -0.401 e. The summed E-state index contributed by atoms with van der Waals surface area (Å²) in [7, 11) is -3.31. The molecule has 0 saturated heterocycles. The molecular weight excluding hydrogens is 370 g/mol. The Morgan fingerprint density at radius 1 is 1.19 bits per heavy atom. The molecule has 0 atom stereocenters. The van der Waals surface area contributed by atoms with Gasteiger partial charge >= 0.3 is 6.01 Å². The van der Waals surface area contributed by atoms with Gasteiger partial charge in [0, 0.05) is 17.8 Å². The first kappa shape index (κ1) is 18.8. The highest BCUT2D eigenvalue weighted by molar-refractivity contribution is 7.91. The van der Waals surface area contributed by atoms with Gasteiger partial charge in [-0.2, -0.15) is 5.10 Å². The number of sulfone groups is 1. The van der Waals surface area contributed by atoms with Crippen LogP contribution in [0, 0.1) is 0 Å². The van der Waals surface area contributed by atoms with Crippen molar-refractivity contribution in [2.24, 2.45) is 0 Å².